The van der Waals surface area contributed by atoms with Crippen molar-refractivity contribution in [3.8, 4) is 0 Å². The molecule has 1 rings (SSSR count). The SMILES string of the molecule is COC(=O)c1cccc([C@@](C)(N)CO)c1.Cl. The first-order valence-electron chi connectivity index (χ1n) is 4.60. The standard InChI is InChI=1S/C11H15NO3.ClH/c1-11(12,7-13)9-5-3-4-8(6-9)10(14)15-2;/h3-6,13H,7,12H2,1-2H3;1H/t11-;/m0./s1. The number of benzene rings is 1. The van der Waals surface area contributed by atoms with E-state index in [1.807, 2.05) is 0 Å². The van der Waals surface area contributed by atoms with Crippen LogP contribution in [0.4, 0.5) is 0 Å². The lowest BCUT2D eigenvalue weighted by Crippen LogP contribution is -2.37. The summed E-state index contributed by atoms with van der Waals surface area (Å²) in [6.45, 7) is 1.51. The van der Waals surface area contributed by atoms with Crippen LogP contribution in [-0.2, 0) is 10.3 Å². The highest BCUT2D eigenvalue weighted by atomic mass is 35.5. The molecule has 0 heterocycles. The second-order valence-corrected chi connectivity index (χ2v) is 3.65. The molecular weight excluding hydrogens is 230 g/mol. The Morgan fingerprint density at radius 1 is 1.56 bits per heavy atom. The number of halogens is 1. The van der Waals surface area contributed by atoms with Gasteiger partial charge in [0.05, 0.1) is 24.8 Å². The van der Waals surface area contributed by atoms with Crippen molar-refractivity contribution in [1.82, 2.24) is 0 Å². The predicted octanol–water partition coefficient (Wildman–Crippen LogP) is 1.06. The Morgan fingerprint density at radius 3 is 2.69 bits per heavy atom. The Hall–Kier alpha value is -1.10. The van der Waals surface area contributed by atoms with Crippen LogP contribution in [0.2, 0.25) is 0 Å². The number of carbonyl (C=O) groups excluding carboxylic acids is 1. The van der Waals surface area contributed by atoms with E-state index >= 15 is 0 Å². The van der Waals surface area contributed by atoms with Gasteiger partial charge in [0.25, 0.3) is 0 Å². The van der Waals surface area contributed by atoms with Gasteiger partial charge >= 0.3 is 5.97 Å². The maximum absolute atomic E-state index is 11.3. The number of carbonyl (C=O) groups is 1. The number of hydrogen-bond donors (Lipinski definition) is 2. The third-order valence-corrected chi connectivity index (χ3v) is 2.27. The van der Waals surface area contributed by atoms with Crippen molar-refractivity contribution in [2.45, 2.75) is 12.5 Å². The maximum Gasteiger partial charge on any atom is 0.337 e. The van der Waals surface area contributed by atoms with Crippen molar-refractivity contribution in [1.29, 1.82) is 0 Å². The van der Waals surface area contributed by atoms with Crippen molar-refractivity contribution in [2.24, 2.45) is 5.73 Å². The number of rotatable bonds is 3. The number of methoxy groups -OCH3 is 1. The first kappa shape index (κ1) is 14.9. The van der Waals surface area contributed by atoms with Crippen LogP contribution in [0.25, 0.3) is 0 Å². The van der Waals surface area contributed by atoms with Crippen LogP contribution in [0, 0.1) is 0 Å². The van der Waals surface area contributed by atoms with Crippen LogP contribution in [0.5, 0.6) is 0 Å². The van der Waals surface area contributed by atoms with E-state index in [2.05, 4.69) is 4.74 Å². The molecule has 1 atom stereocenters. The third kappa shape index (κ3) is 3.20. The molecule has 0 bridgehead atoms. The number of nitrogens with two attached hydrogens (primary N) is 1. The fourth-order valence-electron chi connectivity index (χ4n) is 1.21. The van der Waals surface area contributed by atoms with Gasteiger partial charge in [0.2, 0.25) is 0 Å². The molecule has 1 aromatic rings. The van der Waals surface area contributed by atoms with E-state index in [0.717, 1.165) is 0 Å². The van der Waals surface area contributed by atoms with E-state index in [1.165, 1.54) is 7.11 Å². The lowest BCUT2D eigenvalue weighted by molar-refractivity contribution is 0.0600. The zero-order valence-corrected chi connectivity index (χ0v) is 10.1. The predicted molar refractivity (Wildman–Crippen MR) is 63.7 cm³/mol. The summed E-state index contributed by atoms with van der Waals surface area (Å²) in [7, 11) is 1.32. The average Bonchev–Trinajstić information content (AvgIpc) is 2.28. The molecule has 3 N–H and O–H groups in total. The summed E-state index contributed by atoms with van der Waals surface area (Å²) < 4.78 is 4.60. The molecule has 0 saturated carbocycles. The topological polar surface area (TPSA) is 72.5 Å². The van der Waals surface area contributed by atoms with Crippen molar-refractivity contribution < 1.29 is 14.6 Å². The largest absolute Gasteiger partial charge is 0.465 e. The first-order valence-corrected chi connectivity index (χ1v) is 4.60. The van der Waals surface area contributed by atoms with Gasteiger partial charge in [-0.05, 0) is 24.6 Å². The van der Waals surface area contributed by atoms with Crippen molar-refractivity contribution in [3.63, 3.8) is 0 Å². The molecule has 0 fully saturated rings. The Morgan fingerprint density at radius 2 is 2.19 bits per heavy atom. The molecule has 5 heteroatoms. The molecular formula is C11H16ClNO3. The summed E-state index contributed by atoms with van der Waals surface area (Å²) >= 11 is 0. The van der Waals surface area contributed by atoms with Crippen LogP contribution in [-0.4, -0.2) is 24.8 Å². The lowest BCUT2D eigenvalue weighted by Gasteiger charge is -2.22. The minimum Gasteiger partial charge on any atom is -0.465 e. The number of esters is 1. The molecule has 4 nitrogen and oxygen atoms in total. The Kier molecular flexibility index (Phi) is 5.44. The summed E-state index contributed by atoms with van der Waals surface area (Å²) in [6, 6.07) is 6.75. The molecule has 0 aliphatic rings. The Balaban J connectivity index is 0.00000225. The highest BCUT2D eigenvalue weighted by molar-refractivity contribution is 5.89. The van der Waals surface area contributed by atoms with Gasteiger partial charge in [0.1, 0.15) is 0 Å². The zero-order valence-electron chi connectivity index (χ0n) is 9.27. The summed E-state index contributed by atoms with van der Waals surface area (Å²) in [5, 5.41) is 9.09. The van der Waals surface area contributed by atoms with E-state index in [9.17, 15) is 4.79 Å². The molecule has 0 unspecified atom stereocenters. The van der Waals surface area contributed by atoms with Gasteiger partial charge in [0, 0.05) is 0 Å². The quantitative estimate of drug-likeness (QED) is 0.781. The first-order chi connectivity index (χ1) is 7.01. The lowest BCUT2D eigenvalue weighted by atomic mass is 9.93. The monoisotopic (exact) mass is 245 g/mol. The molecule has 16 heavy (non-hydrogen) atoms. The summed E-state index contributed by atoms with van der Waals surface area (Å²) in [6.07, 6.45) is 0. The molecule has 90 valence electrons. The van der Waals surface area contributed by atoms with E-state index in [0.29, 0.717) is 11.1 Å². The van der Waals surface area contributed by atoms with Crippen molar-refractivity contribution in [3.05, 3.63) is 35.4 Å². The number of ether oxygens (including phenoxy) is 1. The van der Waals surface area contributed by atoms with Crippen molar-refractivity contribution in [2.75, 3.05) is 13.7 Å². The zero-order chi connectivity index (χ0) is 11.5. The normalized spacial score (nSPS) is 13.5. The highest BCUT2D eigenvalue weighted by Crippen LogP contribution is 2.18. The van der Waals surface area contributed by atoms with Crippen LogP contribution in [0.1, 0.15) is 22.8 Å². The van der Waals surface area contributed by atoms with Gasteiger partial charge in [-0.3, -0.25) is 0 Å². The summed E-state index contributed by atoms with van der Waals surface area (Å²) in [5.41, 5.74) is 6.13. The second-order valence-electron chi connectivity index (χ2n) is 3.65. The van der Waals surface area contributed by atoms with Gasteiger partial charge in [-0.15, -0.1) is 12.4 Å². The Bertz CT molecular complexity index is 366. The fraction of sp³-hybridized carbons (Fsp3) is 0.364. The van der Waals surface area contributed by atoms with E-state index in [-0.39, 0.29) is 19.0 Å². The molecule has 0 radical (unpaired) electrons. The van der Waals surface area contributed by atoms with Gasteiger partial charge < -0.3 is 15.6 Å². The van der Waals surface area contributed by atoms with Crippen LogP contribution in [0.15, 0.2) is 24.3 Å². The van der Waals surface area contributed by atoms with E-state index in [1.54, 1.807) is 31.2 Å². The molecule has 0 amide bonds. The van der Waals surface area contributed by atoms with Gasteiger partial charge in [-0.2, -0.15) is 0 Å². The van der Waals surface area contributed by atoms with Gasteiger partial charge in [0.15, 0.2) is 0 Å². The van der Waals surface area contributed by atoms with Crippen LogP contribution in [0.3, 0.4) is 0 Å². The van der Waals surface area contributed by atoms with E-state index < -0.39 is 11.5 Å². The second kappa shape index (κ2) is 5.84. The minimum atomic E-state index is -0.843. The molecule has 0 saturated heterocycles. The maximum atomic E-state index is 11.3. The highest BCUT2D eigenvalue weighted by Gasteiger charge is 2.20. The van der Waals surface area contributed by atoms with Crippen molar-refractivity contribution >= 4 is 18.4 Å². The third-order valence-electron chi connectivity index (χ3n) is 2.27. The molecule has 0 aliphatic heterocycles. The van der Waals surface area contributed by atoms with Gasteiger partial charge in [-0.25, -0.2) is 4.79 Å². The summed E-state index contributed by atoms with van der Waals surface area (Å²) in [5.74, 6) is -0.411. The molecule has 1 aromatic carbocycles. The van der Waals surface area contributed by atoms with E-state index in [4.69, 9.17) is 10.8 Å². The number of hydrogen-bond acceptors (Lipinski definition) is 4. The molecule has 0 aromatic heterocycles. The molecule has 0 spiro atoms. The fourth-order valence-corrected chi connectivity index (χ4v) is 1.21. The smallest absolute Gasteiger partial charge is 0.337 e. The van der Waals surface area contributed by atoms with Gasteiger partial charge in [-0.1, -0.05) is 12.1 Å². The van der Waals surface area contributed by atoms with Crippen LogP contribution >= 0.6 is 12.4 Å². The Labute approximate surface area is 101 Å². The minimum absolute atomic E-state index is 0. The molecule has 0 aliphatic carbocycles. The summed E-state index contributed by atoms with van der Waals surface area (Å²) in [4.78, 5) is 11.3. The number of aliphatic hydroxyl groups excluding tert-OH is 1. The van der Waals surface area contributed by atoms with Crippen LogP contribution < -0.4 is 5.73 Å². The number of aliphatic hydroxyl groups is 1. The average molecular weight is 246 g/mol.